The third kappa shape index (κ3) is 2.50. The van der Waals surface area contributed by atoms with Crippen LogP contribution in [0.2, 0.25) is 0 Å². The van der Waals surface area contributed by atoms with Crippen LogP contribution in [0, 0.1) is 0 Å². The van der Waals surface area contributed by atoms with E-state index in [1.165, 1.54) is 24.4 Å². The van der Waals surface area contributed by atoms with E-state index in [1.54, 1.807) is 0 Å². The topological polar surface area (TPSA) is 57.7 Å². The first kappa shape index (κ1) is 13.5. The van der Waals surface area contributed by atoms with Crippen molar-refractivity contribution in [3.8, 4) is 11.4 Å². The van der Waals surface area contributed by atoms with Gasteiger partial charge in [-0.3, -0.25) is 0 Å². The molecule has 1 aromatic carbocycles. The average molecular weight is 311 g/mol. The van der Waals surface area contributed by atoms with Crippen LogP contribution in [0.1, 0.15) is 31.1 Å². The molecule has 1 aliphatic heterocycles. The Kier molecular flexibility index (Phi) is 3.60. The standard InChI is InChI=1S/C16H17N5S/c1-2-6-12(7-3-1)14-19-16(22-20-14)21-11-5-4-8-13(21)15-17-9-10-18-15/h1-3,6-7,9-10,13H,4-5,8,11H2,(H,17,18). The first-order valence-electron chi connectivity index (χ1n) is 7.57. The van der Waals surface area contributed by atoms with Crippen LogP contribution < -0.4 is 4.90 Å². The van der Waals surface area contributed by atoms with Gasteiger partial charge in [0, 0.05) is 36.0 Å². The maximum absolute atomic E-state index is 4.76. The first-order chi connectivity index (χ1) is 10.9. The van der Waals surface area contributed by atoms with Crippen molar-refractivity contribution >= 4 is 16.7 Å². The number of aromatic amines is 1. The number of nitrogens with one attached hydrogen (secondary N) is 1. The lowest BCUT2D eigenvalue weighted by atomic mass is 10.0. The van der Waals surface area contributed by atoms with Gasteiger partial charge in [0.05, 0.1) is 6.04 Å². The summed E-state index contributed by atoms with van der Waals surface area (Å²) in [5.41, 5.74) is 1.07. The minimum Gasteiger partial charge on any atom is -0.347 e. The van der Waals surface area contributed by atoms with Gasteiger partial charge in [-0.25, -0.2) is 4.98 Å². The molecule has 1 fully saturated rings. The summed E-state index contributed by atoms with van der Waals surface area (Å²) in [5.74, 6) is 1.83. The molecule has 0 spiro atoms. The van der Waals surface area contributed by atoms with Gasteiger partial charge in [0.2, 0.25) is 5.13 Å². The van der Waals surface area contributed by atoms with Crippen LogP contribution in [-0.2, 0) is 0 Å². The van der Waals surface area contributed by atoms with Gasteiger partial charge in [0.15, 0.2) is 5.82 Å². The van der Waals surface area contributed by atoms with E-state index < -0.39 is 0 Å². The van der Waals surface area contributed by atoms with Gasteiger partial charge in [0.1, 0.15) is 5.82 Å². The molecular formula is C16H17N5S. The Labute approximate surface area is 133 Å². The molecule has 1 saturated heterocycles. The van der Waals surface area contributed by atoms with E-state index in [4.69, 9.17) is 4.98 Å². The molecule has 112 valence electrons. The number of anilines is 1. The van der Waals surface area contributed by atoms with Crippen molar-refractivity contribution in [1.82, 2.24) is 19.3 Å². The van der Waals surface area contributed by atoms with Gasteiger partial charge < -0.3 is 9.88 Å². The molecule has 3 heterocycles. The second-order valence-corrected chi connectivity index (χ2v) is 6.18. The highest BCUT2D eigenvalue weighted by Crippen LogP contribution is 2.35. The van der Waals surface area contributed by atoms with Crippen molar-refractivity contribution in [2.24, 2.45) is 0 Å². The molecule has 6 heteroatoms. The number of hydrogen-bond acceptors (Lipinski definition) is 5. The van der Waals surface area contributed by atoms with E-state index in [-0.39, 0.29) is 6.04 Å². The third-order valence-electron chi connectivity index (χ3n) is 4.03. The van der Waals surface area contributed by atoms with Crippen LogP contribution in [-0.4, -0.2) is 25.9 Å². The lowest BCUT2D eigenvalue weighted by molar-refractivity contribution is 0.458. The van der Waals surface area contributed by atoms with Crippen LogP contribution in [0.15, 0.2) is 42.7 Å². The Hall–Kier alpha value is -2.21. The maximum Gasteiger partial charge on any atom is 0.206 e. The van der Waals surface area contributed by atoms with Crippen molar-refractivity contribution in [3.63, 3.8) is 0 Å². The molecule has 22 heavy (non-hydrogen) atoms. The number of imidazole rings is 1. The van der Waals surface area contributed by atoms with Crippen molar-refractivity contribution in [1.29, 1.82) is 0 Å². The summed E-state index contributed by atoms with van der Waals surface area (Å²) in [6.07, 6.45) is 7.23. The number of H-pyrrole nitrogens is 1. The number of rotatable bonds is 3. The zero-order chi connectivity index (χ0) is 14.8. The predicted octanol–water partition coefficient (Wildman–Crippen LogP) is 3.66. The number of hydrogen-bond donors (Lipinski definition) is 1. The van der Waals surface area contributed by atoms with Gasteiger partial charge in [-0.05, 0) is 19.3 Å². The summed E-state index contributed by atoms with van der Waals surface area (Å²) in [6.45, 7) is 1.01. The lowest BCUT2D eigenvalue weighted by Crippen LogP contribution is -2.33. The summed E-state index contributed by atoms with van der Waals surface area (Å²) >= 11 is 1.48. The van der Waals surface area contributed by atoms with Crippen LogP contribution in [0.4, 0.5) is 5.13 Å². The zero-order valence-electron chi connectivity index (χ0n) is 12.1. The fourth-order valence-electron chi connectivity index (χ4n) is 2.94. The molecule has 2 aromatic heterocycles. The second-order valence-electron chi connectivity index (χ2n) is 5.45. The zero-order valence-corrected chi connectivity index (χ0v) is 13.0. The number of aromatic nitrogens is 4. The molecule has 0 saturated carbocycles. The quantitative estimate of drug-likeness (QED) is 0.802. The lowest BCUT2D eigenvalue weighted by Gasteiger charge is -2.33. The molecule has 4 rings (SSSR count). The monoisotopic (exact) mass is 311 g/mol. The molecule has 0 bridgehead atoms. The van der Waals surface area contributed by atoms with Crippen molar-refractivity contribution in [2.75, 3.05) is 11.4 Å². The molecular weight excluding hydrogens is 294 g/mol. The molecule has 0 amide bonds. The van der Waals surface area contributed by atoms with E-state index in [2.05, 4.69) is 19.2 Å². The van der Waals surface area contributed by atoms with Crippen LogP contribution in [0.5, 0.6) is 0 Å². The molecule has 1 N–H and O–H groups in total. The molecule has 5 nitrogen and oxygen atoms in total. The summed E-state index contributed by atoms with van der Waals surface area (Å²) in [6, 6.07) is 10.4. The van der Waals surface area contributed by atoms with Crippen LogP contribution in [0.3, 0.4) is 0 Å². The third-order valence-corrected chi connectivity index (χ3v) is 4.78. The molecule has 1 atom stereocenters. The summed E-state index contributed by atoms with van der Waals surface area (Å²) in [5, 5.41) is 0.986. The van der Waals surface area contributed by atoms with E-state index in [9.17, 15) is 0 Å². The molecule has 1 aliphatic rings. The van der Waals surface area contributed by atoms with Gasteiger partial charge in [0.25, 0.3) is 0 Å². The SMILES string of the molecule is c1ccc(-c2nsc(N3CCCCC3c3ncc[nH]3)n2)cc1. The van der Waals surface area contributed by atoms with Crippen LogP contribution in [0.25, 0.3) is 11.4 Å². The highest BCUT2D eigenvalue weighted by molar-refractivity contribution is 7.09. The Balaban J connectivity index is 1.64. The van der Waals surface area contributed by atoms with Gasteiger partial charge in [-0.15, -0.1) is 0 Å². The molecule has 1 unspecified atom stereocenters. The first-order valence-corrected chi connectivity index (χ1v) is 8.34. The maximum atomic E-state index is 4.76. The van der Waals surface area contributed by atoms with Crippen molar-refractivity contribution in [2.45, 2.75) is 25.3 Å². The highest BCUT2D eigenvalue weighted by Gasteiger charge is 2.28. The van der Waals surface area contributed by atoms with E-state index in [0.717, 1.165) is 35.3 Å². The summed E-state index contributed by atoms with van der Waals surface area (Å²) in [7, 11) is 0. The summed E-state index contributed by atoms with van der Waals surface area (Å²) in [4.78, 5) is 14.8. The van der Waals surface area contributed by atoms with Crippen molar-refractivity contribution in [3.05, 3.63) is 48.5 Å². The molecule has 3 aromatic rings. The second kappa shape index (κ2) is 5.88. The Morgan fingerprint density at radius 3 is 2.91 bits per heavy atom. The molecule has 0 radical (unpaired) electrons. The number of nitrogens with zero attached hydrogens (tertiary/aromatic N) is 4. The fraction of sp³-hybridized carbons (Fsp3) is 0.312. The smallest absolute Gasteiger partial charge is 0.206 e. The highest BCUT2D eigenvalue weighted by atomic mass is 32.1. The fourth-order valence-corrected chi connectivity index (χ4v) is 3.71. The average Bonchev–Trinajstić information content (AvgIpc) is 3.28. The van der Waals surface area contributed by atoms with Gasteiger partial charge in [-0.2, -0.15) is 9.36 Å². The molecule has 0 aliphatic carbocycles. The predicted molar refractivity (Wildman–Crippen MR) is 87.9 cm³/mol. The normalized spacial score (nSPS) is 18.5. The van der Waals surface area contributed by atoms with E-state index in [1.807, 2.05) is 42.7 Å². The Morgan fingerprint density at radius 1 is 1.18 bits per heavy atom. The Morgan fingerprint density at radius 2 is 2.09 bits per heavy atom. The number of piperidine rings is 1. The van der Waals surface area contributed by atoms with Crippen molar-refractivity contribution < 1.29 is 0 Å². The van der Waals surface area contributed by atoms with Crippen LogP contribution >= 0.6 is 11.5 Å². The minimum absolute atomic E-state index is 0.278. The summed E-state index contributed by atoms with van der Waals surface area (Å²) < 4.78 is 4.54. The minimum atomic E-state index is 0.278. The largest absolute Gasteiger partial charge is 0.347 e. The van der Waals surface area contributed by atoms with Gasteiger partial charge in [-0.1, -0.05) is 30.3 Å². The van der Waals surface area contributed by atoms with E-state index in [0.29, 0.717) is 0 Å². The number of benzene rings is 1. The van der Waals surface area contributed by atoms with E-state index >= 15 is 0 Å². The van der Waals surface area contributed by atoms with Gasteiger partial charge >= 0.3 is 0 Å². The Bertz CT molecular complexity index is 722.